The third-order valence-electron chi connectivity index (χ3n) is 1.78. The van der Waals surface area contributed by atoms with Crippen molar-refractivity contribution in [2.75, 3.05) is 0 Å². The van der Waals surface area contributed by atoms with E-state index in [9.17, 15) is 0 Å². The molecule has 0 aliphatic rings. The first-order chi connectivity index (χ1) is 7.09. The van der Waals surface area contributed by atoms with Gasteiger partial charge in [-0.3, -0.25) is 10.2 Å². The standard InChI is InChI=1S/C11H17N3O/c1-9(2)15-14(11(12)13)8-10-6-4-3-5-7-10/h3-7,9H,8H2,1-2H3,(H3,12,13). The molecule has 0 amide bonds. The summed E-state index contributed by atoms with van der Waals surface area (Å²) < 4.78 is 0. The van der Waals surface area contributed by atoms with Crippen LogP contribution in [0.25, 0.3) is 0 Å². The third kappa shape index (κ3) is 3.99. The lowest BCUT2D eigenvalue weighted by Crippen LogP contribution is -2.37. The third-order valence-corrected chi connectivity index (χ3v) is 1.78. The molecule has 1 aromatic rings. The van der Waals surface area contributed by atoms with Crippen molar-refractivity contribution in [1.29, 1.82) is 5.41 Å². The Balaban J connectivity index is 2.63. The van der Waals surface area contributed by atoms with Crippen molar-refractivity contribution in [3.05, 3.63) is 35.9 Å². The number of nitrogens with one attached hydrogen (secondary N) is 1. The van der Waals surface area contributed by atoms with Crippen LogP contribution in [0.15, 0.2) is 30.3 Å². The second-order valence-corrected chi connectivity index (χ2v) is 3.56. The lowest BCUT2D eigenvalue weighted by molar-refractivity contribution is -0.141. The molecule has 0 aliphatic heterocycles. The molecule has 0 spiro atoms. The summed E-state index contributed by atoms with van der Waals surface area (Å²) >= 11 is 0. The number of rotatable bonds is 4. The molecule has 0 aliphatic carbocycles. The van der Waals surface area contributed by atoms with Crippen molar-refractivity contribution in [1.82, 2.24) is 5.06 Å². The van der Waals surface area contributed by atoms with E-state index in [1.165, 1.54) is 5.06 Å². The molecule has 0 atom stereocenters. The fourth-order valence-corrected chi connectivity index (χ4v) is 1.18. The summed E-state index contributed by atoms with van der Waals surface area (Å²) in [6.07, 6.45) is 0.0117. The van der Waals surface area contributed by atoms with Crippen LogP contribution in [0.3, 0.4) is 0 Å². The molecular weight excluding hydrogens is 190 g/mol. The SMILES string of the molecule is CC(C)ON(Cc1ccccc1)C(=N)N. The summed E-state index contributed by atoms with van der Waals surface area (Å²) in [7, 11) is 0. The van der Waals surface area contributed by atoms with E-state index in [2.05, 4.69) is 0 Å². The molecule has 0 heterocycles. The summed E-state index contributed by atoms with van der Waals surface area (Å²) in [5.41, 5.74) is 6.48. The smallest absolute Gasteiger partial charge is 0.213 e. The van der Waals surface area contributed by atoms with E-state index in [1.54, 1.807) is 0 Å². The van der Waals surface area contributed by atoms with Crippen LogP contribution in [0.5, 0.6) is 0 Å². The Morgan fingerprint density at radius 2 is 2.00 bits per heavy atom. The Labute approximate surface area is 90.1 Å². The van der Waals surface area contributed by atoms with E-state index < -0.39 is 0 Å². The summed E-state index contributed by atoms with van der Waals surface area (Å²) in [5, 5.41) is 8.76. The van der Waals surface area contributed by atoms with Crippen molar-refractivity contribution in [2.45, 2.75) is 26.5 Å². The molecule has 1 aromatic carbocycles. The molecule has 0 aromatic heterocycles. The summed E-state index contributed by atoms with van der Waals surface area (Å²) in [6.45, 7) is 4.30. The number of nitrogens with zero attached hydrogens (tertiary/aromatic N) is 1. The van der Waals surface area contributed by atoms with Gasteiger partial charge in [0.2, 0.25) is 5.96 Å². The van der Waals surface area contributed by atoms with Crippen molar-refractivity contribution < 1.29 is 4.84 Å². The Kier molecular flexibility index (Phi) is 4.12. The number of hydrogen-bond acceptors (Lipinski definition) is 2. The maximum absolute atomic E-state index is 7.37. The van der Waals surface area contributed by atoms with E-state index in [0.29, 0.717) is 6.54 Å². The highest BCUT2D eigenvalue weighted by atomic mass is 16.7. The molecule has 4 nitrogen and oxygen atoms in total. The fraction of sp³-hybridized carbons (Fsp3) is 0.364. The molecule has 0 fully saturated rings. The van der Waals surface area contributed by atoms with E-state index in [0.717, 1.165) is 5.56 Å². The van der Waals surface area contributed by atoms with Gasteiger partial charge in [0.15, 0.2) is 0 Å². The predicted octanol–water partition coefficient (Wildman–Crippen LogP) is 1.72. The molecule has 0 saturated heterocycles. The van der Waals surface area contributed by atoms with Gasteiger partial charge in [-0.2, -0.15) is 0 Å². The van der Waals surface area contributed by atoms with Crippen molar-refractivity contribution >= 4 is 5.96 Å². The molecule has 0 bridgehead atoms. The zero-order valence-electron chi connectivity index (χ0n) is 9.10. The highest BCUT2D eigenvalue weighted by molar-refractivity contribution is 5.73. The number of hydroxylamine groups is 2. The average Bonchev–Trinajstić information content (AvgIpc) is 2.17. The minimum Gasteiger partial charge on any atom is -0.368 e. The van der Waals surface area contributed by atoms with Gasteiger partial charge in [0, 0.05) is 0 Å². The molecule has 15 heavy (non-hydrogen) atoms. The zero-order valence-corrected chi connectivity index (χ0v) is 9.10. The van der Waals surface area contributed by atoms with Crippen LogP contribution in [-0.2, 0) is 11.4 Å². The highest BCUT2D eigenvalue weighted by Gasteiger charge is 2.09. The fourth-order valence-electron chi connectivity index (χ4n) is 1.18. The first-order valence-electron chi connectivity index (χ1n) is 4.92. The summed E-state index contributed by atoms with van der Waals surface area (Å²) in [4.78, 5) is 5.40. The van der Waals surface area contributed by atoms with Gasteiger partial charge >= 0.3 is 0 Å². The molecule has 1 rings (SSSR count). The van der Waals surface area contributed by atoms with Gasteiger partial charge in [-0.25, -0.2) is 5.06 Å². The Hall–Kier alpha value is -1.55. The van der Waals surface area contributed by atoms with Crippen LogP contribution >= 0.6 is 0 Å². The second kappa shape index (κ2) is 5.36. The average molecular weight is 207 g/mol. The van der Waals surface area contributed by atoms with Gasteiger partial charge in [-0.05, 0) is 19.4 Å². The molecule has 82 valence electrons. The van der Waals surface area contributed by atoms with Crippen LogP contribution in [-0.4, -0.2) is 17.1 Å². The molecule has 0 unspecified atom stereocenters. The highest BCUT2D eigenvalue weighted by Crippen LogP contribution is 2.06. The molecule has 3 N–H and O–H groups in total. The van der Waals surface area contributed by atoms with Crippen LogP contribution in [0.2, 0.25) is 0 Å². The zero-order chi connectivity index (χ0) is 11.3. The van der Waals surface area contributed by atoms with Crippen LogP contribution in [0.1, 0.15) is 19.4 Å². The second-order valence-electron chi connectivity index (χ2n) is 3.56. The van der Waals surface area contributed by atoms with Gasteiger partial charge in [-0.15, -0.1) is 0 Å². The van der Waals surface area contributed by atoms with Gasteiger partial charge < -0.3 is 5.73 Å². The molecular formula is C11H17N3O. The topological polar surface area (TPSA) is 62.3 Å². The van der Waals surface area contributed by atoms with Gasteiger partial charge in [0.1, 0.15) is 0 Å². The van der Waals surface area contributed by atoms with E-state index in [1.807, 2.05) is 44.2 Å². The number of nitrogens with two attached hydrogens (primary N) is 1. The monoisotopic (exact) mass is 207 g/mol. The van der Waals surface area contributed by atoms with Gasteiger partial charge in [0.05, 0.1) is 12.6 Å². The lowest BCUT2D eigenvalue weighted by Gasteiger charge is -2.23. The van der Waals surface area contributed by atoms with E-state index in [-0.39, 0.29) is 12.1 Å². The summed E-state index contributed by atoms with van der Waals surface area (Å²) in [5.74, 6) is -0.0763. The quantitative estimate of drug-likeness (QED) is 0.449. The maximum Gasteiger partial charge on any atom is 0.213 e. The van der Waals surface area contributed by atoms with Crippen LogP contribution in [0, 0.1) is 5.41 Å². The predicted molar refractivity (Wildman–Crippen MR) is 60.1 cm³/mol. The molecule has 0 saturated carbocycles. The minimum absolute atomic E-state index is 0.0117. The van der Waals surface area contributed by atoms with Crippen LogP contribution in [0.4, 0.5) is 0 Å². The van der Waals surface area contributed by atoms with Gasteiger partial charge in [0.25, 0.3) is 0 Å². The Morgan fingerprint density at radius 1 is 1.40 bits per heavy atom. The van der Waals surface area contributed by atoms with E-state index >= 15 is 0 Å². The first kappa shape index (κ1) is 11.5. The molecule has 4 heteroatoms. The molecule has 0 radical (unpaired) electrons. The van der Waals surface area contributed by atoms with Gasteiger partial charge in [-0.1, -0.05) is 30.3 Å². The maximum atomic E-state index is 7.37. The largest absolute Gasteiger partial charge is 0.368 e. The van der Waals surface area contributed by atoms with Crippen molar-refractivity contribution in [3.63, 3.8) is 0 Å². The number of hydrogen-bond donors (Lipinski definition) is 2. The Morgan fingerprint density at radius 3 is 2.47 bits per heavy atom. The van der Waals surface area contributed by atoms with E-state index in [4.69, 9.17) is 16.0 Å². The van der Waals surface area contributed by atoms with Crippen molar-refractivity contribution in [2.24, 2.45) is 5.73 Å². The summed E-state index contributed by atoms with van der Waals surface area (Å²) in [6, 6.07) is 9.79. The van der Waals surface area contributed by atoms with Crippen LogP contribution < -0.4 is 5.73 Å². The normalized spacial score (nSPS) is 10.3. The number of benzene rings is 1. The lowest BCUT2D eigenvalue weighted by atomic mass is 10.2. The first-order valence-corrected chi connectivity index (χ1v) is 4.92. The Bertz CT molecular complexity index is 311. The van der Waals surface area contributed by atoms with Crippen molar-refractivity contribution in [3.8, 4) is 0 Å². The minimum atomic E-state index is -0.0763. The number of guanidine groups is 1.